The molecule has 5 atom stereocenters. The Kier molecular flexibility index (Phi) is 9.88. The topological polar surface area (TPSA) is 127 Å². The number of esters is 1. The largest absolute Gasteiger partial charge is 0.457 e. The van der Waals surface area contributed by atoms with Crippen molar-refractivity contribution in [3.63, 3.8) is 0 Å². The molecule has 5 unspecified atom stereocenters. The molecule has 0 saturated carbocycles. The number of ether oxygens (including phenoxy) is 1. The van der Waals surface area contributed by atoms with E-state index in [1.54, 1.807) is 6.92 Å². The number of carbonyl (C=O) groups excluding carboxylic acids is 1. The van der Waals surface area contributed by atoms with Gasteiger partial charge in [0.25, 0.3) is 0 Å². The average molecular weight is 336 g/mol. The minimum Gasteiger partial charge on any atom is -0.457 e. The van der Waals surface area contributed by atoms with Gasteiger partial charge in [-0.3, -0.25) is 0 Å². The third-order valence-corrected chi connectivity index (χ3v) is 4.08. The summed E-state index contributed by atoms with van der Waals surface area (Å²) in [4.78, 5) is 12.0. The maximum atomic E-state index is 12.0. The zero-order chi connectivity index (χ0) is 18.2. The summed E-state index contributed by atoms with van der Waals surface area (Å²) in [5, 5.41) is 47.0. The molecule has 0 saturated heterocycles. The van der Waals surface area contributed by atoms with Gasteiger partial charge < -0.3 is 30.3 Å². The maximum absolute atomic E-state index is 12.0. The van der Waals surface area contributed by atoms with E-state index >= 15 is 0 Å². The van der Waals surface area contributed by atoms with Crippen LogP contribution in [-0.4, -0.2) is 68.1 Å². The molecule has 5 N–H and O–H groups in total. The van der Waals surface area contributed by atoms with Crippen LogP contribution in [0.5, 0.6) is 0 Å². The van der Waals surface area contributed by atoms with Gasteiger partial charge in [-0.05, 0) is 32.1 Å². The van der Waals surface area contributed by atoms with Crippen LogP contribution in [0.25, 0.3) is 0 Å². The lowest BCUT2D eigenvalue weighted by molar-refractivity contribution is -0.184. The van der Waals surface area contributed by atoms with E-state index in [-0.39, 0.29) is 0 Å². The van der Waals surface area contributed by atoms with Crippen molar-refractivity contribution in [2.75, 3.05) is 6.61 Å². The van der Waals surface area contributed by atoms with Gasteiger partial charge in [0.05, 0.1) is 6.61 Å². The zero-order valence-electron chi connectivity index (χ0n) is 14.5. The van der Waals surface area contributed by atoms with Gasteiger partial charge in [0.1, 0.15) is 23.9 Å². The van der Waals surface area contributed by atoms with Gasteiger partial charge in [-0.2, -0.15) is 0 Å². The summed E-state index contributed by atoms with van der Waals surface area (Å²) in [5.41, 5.74) is -0.771. The Hall–Kier alpha value is -0.730. The monoisotopic (exact) mass is 336 g/mol. The van der Waals surface area contributed by atoms with Crippen molar-refractivity contribution >= 4 is 5.97 Å². The first kappa shape index (κ1) is 22.3. The van der Waals surface area contributed by atoms with Crippen LogP contribution in [0.1, 0.15) is 53.4 Å². The average Bonchev–Trinajstić information content (AvgIpc) is 2.51. The number of hydrogen-bond acceptors (Lipinski definition) is 7. The number of aliphatic hydroxyl groups is 5. The second-order valence-corrected chi connectivity index (χ2v) is 6.69. The fourth-order valence-corrected chi connectivity index (χ4v) is 2.15. The second-order valence-electron chi connectivity index (χ2n) is 6.69. The molecule has 138 valence electrons. The standard InChI is InChI=1S/C16H32O7/c1-5-16(4,8-6-7-10(2)3)23-15(22)14(21)13(20)12(19)11(18)9-17/h10-14,17-21H,5-9H2,1-4H3. The quantitative estimate of drug-likeness (QED) is 0.335. The van der Waals surface area contributed by atoms with Crippen LogP contribution in [0.15, 0.2) is 0 Å². The SMILES string of the molecule is CCC(C)(CCCC(C)C)OC(=O)C(O)C(O)C(O)C(O)CO. The van der Waals surface area contributed by atoms with Crippen LogP contribution in [0.3, 0.4) is 0 Å². The molecule has 0 aromatic carbocycles. The third-order valence-electron chi connectivity index (χ3n) is 4.08. The van der Waals surface area contributed by atoms with Crippen molar-refractivity contribution in [2.45, 2.75) is 83.4 Å². The van der Waals surface area contributed by atoms with E-state index in [4.69, 9.17) is 9.84 Å². The highest BCUT2D eigenvalue weighted by molar-refractivity contribution is 5.75. The summed E-state index contributed by atoms with van der Waals surface area (Å²) in [7, 11) is 0. The van der Waals surface area contributed by atoms with E-state index in [0.29, 0.717) is 18.8 Å². The first-order valence-electron chi connectivity index (χ1n) is 8.14. The van der Waals surface area contributed by atoms with E-state index in [1.165, 1.54) is 0 Å². The van der Waals surface area contributed by atoms with Crippen LogP contribution in [0.2, 0.25) is 0 Å². The Labute approximate surface area is 137 Å². The minimum absolute atomic E-state index is 0.536. The summed E-state index contributed by atoms with van der Waals surface area (Å²) < 4.78 is 5.31. The second kappa shape index (κ2) is 10.2. The molecular weight excluding hydrogens is 304 g/mol. The number of rotatable bonds is 11. The van der Waals surface area contributed by atoms with Gasteiger partial charge in [0.15, 0.2) is 6.10 Å². The molecule has 0 fully saturated rings. The van der Waals surface area contributed by atoms with E-state index < -0.39 is 42.6 Å². The van der Waals surface area contributed by atoms with Gasteiger partial charge in [0.2, 0.25) is 0 Å². The fourth-order valence-electron chi connectivity index (χ4n) is 2.15. The molecule has 0 aliphatic heterocycles. The summed E-state index contributed by atoms with van der Waals surface area (Å²) >= 11 is 0. The Balaban J connectivity index is 4.67. The molecule has 0 radical (unpaired) electrons. The highest BCUT2D eigenvalue weighted by Gasteiger charge is 2.38. The van der Waals surface area contributed by atoms with Crippen molar-refractivity contribution in [1.29, 1.82) is 0 Å². The smallest absolute Gasteiger partial charge is 0.338 e. The van der Waals surface area contributed by atoms with Gasteiger partial charge in [0, 0.05) is 0 Å². The summed E-state index contributed by atoms with van der Waals surface area (Å²) in [6, 6.07) is 0. The molecule has 0 bridgehead atoms. The number of hydrogen-bond donors (Lipinski definition) is 5. The van der Waals surface area contributed by atoms with Crippen molar-refractivity contribution in [3.8, 4) is 0 Å². The summed E-state index contributed by atoms with van der Waals surface area (Å²) in [5.74, 6) is -0.523. The van der Waals surface area contributed by atoms with Gasteiger partial charge >= 0.3 is 5.97 Å². The highest BCUT2D eigenvalue weighted by atomic mass is 16.6. The first-order valence-corrected chi connectivity index (χ1v) is 8.14. The predicted molar refractivity (Wildman–Crippen MR) is 84.6 cm³/mol. The van der Waals surface area contributed by atoms with Crippen LogP contribution in [0, 0.1) is 5.92 Å². The summed E-state index contributed by atoms with van der Waals surface area (Å²) in [6.45, 7) is 7.01. The molecule has 0 aromatic heterocycles. The molecule has 0 spiro atoms. The highest BCUT2D eigenvalue weighted by Crippen LogP contribution is 2.25. The van der Waals surface area contributed by atoms with E-state index in [1.807, 2.05) is 6.92 Å². The van der Waals surface area contributed by atoms with Gasteiger partial charge in [-0.1, -0.05) is 27.2 Å². The summed E-state index contributed by atoms with van der Waals surface area (Å²) in [6.07, 6.45) is -4.44. The van der Waals surface area contributed by atoms with E-state index in [2.05, 4.69) is 13.8 Å². The predicted octanol–water partition coefficient (Wildman–Crippen LogP) is -0.0395. The molecule has 0 heterocycles. The van der Waals surface area contributed by atoms with Crippen LogP contribution in [0.4, 0.5) is 0 Å². The molecule has 0 rings (SSSR count). The molecule has 0 aromatic rings. The van der Waals surface area contributed by atoms with Crippen molar-refractivity contribution < 1.29 is 35.1 Å². The van der Waals surface area contributed by atoms with Gasteiger partial charge in [-0.25, -0.2) is 4.79 Å². The fraction of sp³-hybridized carbons (Fsp3) is 0.938. The molecule has 23 heavy (non-hydrogen) atoms. The van der Waals surface area contributed by atoms with Crippen molar-refractivity contribution in [3.05, 3.63) is 0 Å². The van der Waals surface area contributed by atoms with Crippen LogP contribution < -0.4 is 0 Å². The zero-order valence-corrected chi connectivity index (χ0v) is 14.5. The lowest BCUT2D eigenvalue weighted by Crippen LogP contribution is -2.50. The number of carbonyl (C=O) groups is 1. The maximum Gasteiger partial charge on any atom is 0.338 e. The molecule has 0 aliphatic rings. The van der Waals surface area contributed by atoms with Crippen molar-refractivity contribution in [2.24, 2.45) is 5.92 Å². The minimum atomic E-state index is -2.00. The molecular formula is C16H32O7. The van der Waals surface area contributed by atoms with E-state index in [9.17, 15) is 25.2 Å². The molecule has 7 nitrogen and oxygen atoms in total. The van der Waals surface area contributed by atoms with Gasteiger partial charge in [-0.15, -0.1) is 0 Å². The number of aliphatic hydroxyl groups excluding tert-OH is 5. The Bertz CT molecular complexity index is 347. The van der Waals surface area contributed by atoms with Crippen LogP contribution >= 0.6 is 0 Å². The lowest BCUT2D eigenvalue weighted by atomic mass is 9.93. The van der Waals surface area contributed by atoms with E-state index in [0.717, 1.165) is 12.8 Å². The normalized spacial score (nSPS) is 19.7. The Morgan fingerprint density at radius 1 is 1.13 bits per heavy atom. The first-order chi connectivity index (χ1) is 10.6. The molecule has 0 aliphatic carbocycles. The van der Waals surface area contributed by atoms with Crippen LogP contribution in [-0.2, 0) is 9.53 Å². The molecule has 7 heteroatoms. The molecule has 0 amide bonds. The lowest BCUT2D eigenvalue weighted by Gasteiger charge is -2.31. The van der Waals surface area contributed by atoms with Crippen molar-refractivity contribution in [1.82, 2.24) is 0 Å². The third kappa shape index (κ3) is 7.58. The Morgan fingerprint density at radius 3 is 2.13 bits per heavy atom. The Morgan fingerprint density at radius 2 is 1.70 bits per heavy atom.